The average molecular weight is 601 g/mol. The van der Waals surface area contributed by atoms with Crippen molar-refractivity contribution in [1.82, 2.24) is 4.98 Å². The number of thiazole rings is 1. The minimum Gasteiger partial charge on any atom is -0.507 e. The zero-order valence-electron chi connectivity index (χ0n) is 25.0. The second-order valence-corrected chi connectivity index (χ2v) is 12.0. The lowest BCUT2D eigenvalue weighted by molar-refractivity contribution is -0.132. The quantitative estimate of drug-likeness (QED) is 0.108. The molecule has 0 bridgehead atoms. The summed E-state index contributed by atoms with van der Waals surface area (Å²) >= 11 is 1.32. The van der Waals surface area contributed by atoms with E-state index in [1.165, 1.54) is 16.2 Å². The molecule has 2 heterocycles. The number of carbonyl (C=O) groups is 2. The molecule has 43 heavy (non-hydrogen) atoms. The van der Waals surface area contributed by atoms with Crippen LogP contribution >= 0.6 is 11.3 Å². The monoisotopic (exact) mass is 600 g/mol. The lowest BCUT2D eigenvalue weighted by Gasteiger charge is -2.24. The van der Waals surface area contributed by atoms with Gasteiger partial charge in [0.15, 0.2) is 16.6 Å². The maximum atomic E-state index is 13.7. The molecule has 4 aromatic rings. The predicted molar refractivity (Wildman–Crippen MR) is 169 cm³/mol. The fourth-order valence-corrected chi connectivity index (χ4v) is 6.02. The van der Waals surface area contributed by atoms with Crippen molar-refractivity contribution in [3.63, 3.8) is 0 Å². The van der Waals surface area contributed by atoms with Crippen LogP contribution in [0.15, 0.2) is 66.2 Å². The highest BCUT2D eigenvalue weighted by atomic mass is 32.1. The van der Waals surface area contributed by atoms with Crippen LogP contribution in [-0.2, 0) is 9.59 Å². The van der Waals surface area contributed by atoms with Crippen molar-refractivity contribution in [2.75, 3.05) is 25.2 Å². The van der Waals surface area contributed by atoms with Crippen LogP contribution in [-0.4, -0.2) is 42.1 Å². The fourth-order valence-electron chi connectivity index (χ4n) is 4.93. The molecule has 3 aromatic carbocycles. The van der Waals surface area contributed by atoms with Gasteiger partial charge in [-0.05, 0) is 85.3 Å². The third-order valence-corrected chi connectivity index (χ3v) is 8.26. The number of aromatic nitrogens is 1. The summed E-state index contributed by atoms with van der Waals surface area (Å²) in [6, 6.07) is 17.0. The number of amides is 1. The molecule has 1 aromatic heterocycles. The first kappa shape index (κ1) is 30.1. The number of benzene rings is 3. The van der Waals surface area contributed by atoms with E-state index in [2.05, 4.69) is 13.8 Å². The number of methoxy groups -OCH3 is 1. The first-order valence-electron chi connectivity index (χ1n) is 14.4. The first-order valence-corrected chi connectivity index (χ1v) is 15.3. The number of fused-ring (bicyclic) bond motifs is 1. The van der Waals surface area contributed by atoms with Crippen LogP contribution in [0.4, 0.5) is 5.13 Å². The lowest BCUT2D eigenvalue weighted by atomic mass is 9.95. The number of aliphatic hydroxyl groups excluding tert-OH is 1. The van der Waals surface area contributed by atoms with E-state index in [4.69, 9.17) is 19.2 Å². The number of hydrogen-bond donors (Lipinski definition) is 1. The van der Waals surface area contributed by atoms with Gasteiger partial charge in [0.25, 0.3) is 5.78 Å². The summed E-state index contributed by atoms with van der Waals surface area (Å²) in [4.78, 5) is 33.5. The summed E-state index contributed by atoms with van der Waals surface area (Å²) in [5.74, 6) is 0.321. The Balaban J connectivity index is 1.63. The van der Waals surface area contributed by atoms with Crippen LogP contribution < -0.4 is 19.1 Å². The zero-order chi connectivity index (χ0) is 30.7. The van der Waals surface area contributed by atoms with E-state index in [9.17, 15) is 14.7 Å². The molecule has 0 radical (unpaired) electrons. The molecule has 0 aliphatic carbocycles. The van der Waals surface area contributed by atoms with Gasteiger partial charge in [0.05, 0.1) is 42.2 Å². The van der Waals surface area contributed by atoms with Crippen LogP contribution in [0.3, 0.4) is 0 Å². The highest BCUT2D eigenvalue weighted by Gasteiger charge is 2.48. The molecule has 1 fully saturated rings. The van der Waals surface area contributed by atoms with E-state index in [1.54, 1.807) is 49.6 Å². The SMILES string of the molecule is CCCOc1ccc(C(O)=C2C(=O)C(=O)N(c3nc4ccc(C)cc4s3)C2c2ccc(OCCC(C)C)c(OC)c2)cc1. The Labute approximate surface area is 255 Å². The van der Waals surface area contributed by atoms with Crippen molar-refractivity contribution < 1.29 is 28.9 Å². The number of nitrogens with zero attached hydrogens (tertiary/aromatic N) is 2. The summed E-state index contributed by atoms with van der Waals surface area (Å²) in [6.07, 6.45) is 1.74. The smallest absolute Gasteiger partial charge is 0.301 e. The van der Waals surface area contributed by atoms with Crippen LogP contribution in [0.5, 0.6) is 17.2 Å². The van der Waals surface area contributed by atoms with Crippen molar-refractivity contribution in [2.24, 2.45) is 5.92 Å². The highest BCUT2D eigenvalue weighted by Crippen LogP contribution is 2.46. The Hall–Kier alpha value is -4.37. The molecule has 1 aliphatic heterocycles. The molecule has 1 unspecified atom stereocenters. The molecule has 1 atom stereocenters. The minimum atomic E-state index is -0.948. The number of ether oxygens (including phenoxy) is 3. The van der Waals surface area contributed by atoms with Gasteiger partial charge < -0.3 is 19.3 Å². The molecule has 1 N–H and O–H groups in total. The summed E-state index contributed by atoms with van der Waals surface area (Å²) in [7, 11) is 1.55. The molecular weight excluding hydrogens is 564 g/mol. The second kappa shape index (κ2) is 12.9. The average Bonchev–Trinajstić information content (AvgIpc) is 3.53. The van der Waals surface area contributed by atoms with Gasteiger partial charge in [-0.2, -0.15) is 0 Å². The third kappa shape index (κ3) is 6.22. The van der Waals surface area contributed by atoms with Crippen molar-refractivity contribution in [3.8, 4) is 17.2 Å². The number of rotatable bonds is 11. The normalized spacial score (nSPS) is 16.3. The molecule has 224 valence electrons. The van der Waals surface area contributed by atoms with E-state index >= 15 is 0 Å². The van der Waals surface area contributed by atoms with E-state index in [1.807, 2.05) is 32.0 Å². The molecule has 8 nitrogen and oxygen atoms in total. The second-order valence-electron chi connectivity index (χ2n) is 11.0. The van der Waals surface area contributed by atoms with Crippen LogP contribution in [0, 0.1) is 12.8 Å². The number of aryl methyl sites for hydroxylation is 1. The number of hydrogen-bond acceptors (Lipinski definition) is 8. The number of Topliss-reactive ketones (excluding diaryl/α,β-unsaturated/α-hetero) is 1. The molecule has 5 rings (SSSR count). The van der Waals surface area contributed by atoms with E-state index in [0.29, 0.717) is 52.6 Å². The molecule has 1 amide bonds. The molecule has 0 saturated carbocycles. The van der Waals surface area contributed by atoms with Crippen molar-refractivity contribution in [1.29, 1.82) is 0 Å². The highest BCUT2D eigenvalue weighted by molar-refractivity contribution is 7.22. The van der Waals surface area contributed by atoms with E-state index < -0.39 is 17.7 Å². The number of aliphatic hydroxyl groups is 1. The summed E-state index contributed by atoms with van der Waals surface area (Å²) in [6.45, 7) is 9.35. The van der Waals surface area contributed by atoms with Gasteiger partial charge in [0, 0.05) is 5.56 Å². The van der Waals surface area contributed by atoms with Gasteiger partial charge in [-0.15, -0.1) is 0 Å². The lowest BCUT2D eigenvalue weighted by Crippen LogP contribution is -2.29. The van der Waals surface area contributed by atoms with Gasteiger partial charge in [-0.3, -0.25) is 14.5 Å². The molecule has 1 saturated heterocycles. The summed E-state index contributed by atoms with van der Waals surface area (Å²) in [5.41, 5.74) is 2.73. The van der Waals surface area contributed by atoms with Crippen molar-refractivity contribution in [2.45, 2.75) is 46.6 Å². The van der Waals surface area contributed by atoms with Gasteiger partial charge in [-0.1, -0.05) is 44.2 Å². The maximum absolute atomic E-state index is 13.7. The largest absolute Gasteiger partial charge is 0.507 e. The third-order valence-electron chi connectivity index (χ3n) is 7.24. The Bertz CT molecular complexity index is 1670. The van der Waals surface area contributed by atoms with Gasteiger partial charge in [0.1, 0.15) is 11.5 Å². The molecular formula is C34H36N2O6S. The van der Waals surface area contributed by atoms with E-state index in [-0.39, 0.29) is 11.3 Å². The Kier molecular flexibility index (Phi) is 9.01. The first-order chi connectivity index (χ1) is 20.7. The van der Waals surface area contributed by atoms with Gasteiger partial charge >= 0.3 is 5.91 Å². The van der Waals surface area contributed by atoms with Crippen LogP contribution in [0.25, 0.3) is 16.0 Å². The molecule has 9 heteroatoms. The fraction of sp³-hybridized carbons (Fsp3) is 0.324. The van der Waals surface area contributed by atoms with Crippen LogP contribution in [0.2, 0.25) is 0 Å². The number of carbonyl (C=O) groups excluding carboxylic acids is 2. The molecule has 1 aliphatic rings. The summed E-state index contributed by atoms with van der Waals surface area (Å²) < 4.78 is 18.2. The van der Waals surface area contributed by atoms with Crippen molar-refractivity contribution in [3.05, 3.63) is 82.9 Å². The van der Waals surface area contributed by atoms with Gasteiger partial charge in [-0.25, -0.2) is 4.98 Å². The Morgan fingerprint density at radius 3 is 2.47 bits per heavy atom. The van der Waals surface area contributed by atoms with Crippen LogP contribution in [0.1, 0.15) is 56.3 Å². The predicted octanol–water partition coefficient (Wildman–Crippen LogP) is 7.45. The number of anilines is 1. The zero-order valence-corrected chi connectivity index (χ0v) is 25.9. The minimum absolute atomic E-state index is 0.0295. The maximum Gasteiger partial charge on any atom is 0.301 e. The number of ketones is 1. The van der Waals surface area contributed by atoms with Crippen molar-refractivity contribution >= 4 is 44.1 Å². The van der Waals surface area contributed by atoms with Gasteiger partial charge in [0.2, 0.25) is 0 Å². The topological polar surface area (TPSA) is 98.2 Å². The van der Waals surface area contributed by atoms with E-state index in [0.717, 1.165) is 28.6 Å². The standard InChI is InChI=1S/C34H36N2O6S/c1-6-16-41-24-11-8-22(9-12-24)31(37)29-30(23-10-14-26(27(19-23)40-5)42-17-15-20(2)3)36(33(39)32(29)38)34-35-25-13-7-21(4)18-28(25)43-34/h7-14,18-20,30,37H,6,15-17H2,1-5H3. The Morgan fingerprint density at radius 2 is 1.77 bits per heavy atom. The summed E-state index contributed by atoms with van der Waals surface area (Å²) in [5, 5.41) is 11.9. The Morgan fingerprint density at radius 1 is 1.00 bits per heavy atom. The molecule has 0 spiro atoms.